The molecule has 1 aromatic rings. The Morgan fingerprint density at radius 3 is 2.80 bits per heavy atom. The average molecular weight is 202 g/mol. The minimum absolute atomic E-state index is 0.0245. The molecule has 0 spiro atoms. The summed E-state index contributed by atoms with van der Waals surface area (Å²) in [5, 5.41) is 20.8. The number of nitriles is 1. The van der Waals surface area contributed by atoms with Crippen LogP contribution in [-0.4, -0.2) is 11.5 Å². The van der Waals surface area contributed by atoms with Crippen molar-refractivity contribution in [1.29, 1.82) is 5.26 Å². The Morgan fingerprint density at radius 2 is 2.27 bits per heavy atom. The third-order valence-electron chi connectivity index (χ3n) is 1.88. The van der Waals surface area contributed by atoms with Gasteiger partial charge < -0.3 is 10.4 Å². The zero-order valence-electron chi connectivity index (χ0n) is 8.19. The van der Waals surface area contributed by atoms with Gasteiger partial charge in [0.1, 0.15) is 11.8 Å². The van der Waals surface area contributed by atoms with Crippen molar-refractivity contribution >= 4 is 18.2 Å². The number of rotatable bonds is 3. The van der Waals surface area contributed by atoms with Crippen molar-refractivity contribution in [3.8, 4) is 11.8 Å². The second-order valence-corrected chi connectivity index (χ2v) is 2.79. The molecule has 2 N–H and O–H groups in total. The smallest absolute Gasteiger partial charge is 0.211 e. The fourth-order valence-electron chi connectivity index (χ4n) is 1.25. The predicted octanol–water partition coefficient (Wildman–Crippen LogP) is 1.87. The molecular weight excluding hydrogens is 192 g/mol. The van der Waals surface area contributed by atoms with Crippen LogP contribution in [0.15, 0.2) is 18.2 Å². The van der Waals surface area contributed by atoms with Crippen molar-refractivity contribution < 1.29 is 9.90 Å². The molecule has 0 heterocycles. The number of nitrogens with one attached hydrogen (secondary N) is 1. The minimum atomic E-state index is 0.0245. The second-order valence-electron chi connectivity index (χ2n) is 2.79. The lowest BCUT2D eigenvalue weighted by Crippen LogP contribution is -1.99. The molecule has 0 aliphatic heterocycles. The summed E-state index contributed by atoms with van der Waals surface area (Å²) in [4.78, 5) is 10.4. The van der Waals surface area contributed by atoms with Gasteiger partial charge in [-0.1, -0.05) is 12.2 Å². The number of hydrogen-bond donors (Lipinski definition) is 2. The Hall–Kier alpha value is -2.28. The summed E-state index contributed by atoms with van der Waals surface area (Å²) in [5.41, 5.74) is 1.07. The number of benzene rings is 1. The van der Waals surface area contributed by atoms with Crippen LogP contribution in [0.3, 0.4) is 0 Å². The lowest BCUT2D eigenvalue weighted by molar-refractivity contribution is -0.105. The zero-order valence-corrected chi connectivity index (χ0v) is 8.19. The standard InChI is InChI=1S/C11H10N2O2/c1-2-3-9-10(15)5-4-8(6-12)11(9)13-7-14/h2-5,7,15H,1H3,(H,13,14)/b3-2-. The molecule has 0 radical (unpaired) electrons. The summed E-state index contributed by atoms with van der Waals surface area (Å²) < 4.78 is 0. The Bertz CT molecular complexity index is 445. The molecule has 15 heavy (non-hydrogen) atoms. The first-order chi connectivity index (χ1) is 7.24. The quantitative estimate of drug-likeness (QED) is 0.735. The highest BCUT2D eigenvalue weighted by molar-refractivity contribution is 5.84. The molecule has 76 valence electrons. The Balaban J connectivity index is 3.44. The highest BCUT2D eigenvalue weighted by atomic mass is 16.3. The summed E-state index contributed by atoms with van der Waals surface area (Å²) in [6, 6.07) is 4.81. The first kappa shape index (κ1) is 10.8. The highest BCUT2D eigenvalue weighted by Gasteiger charge is 2.09. The lowest BCUT2D eigenvalue weighted by atomic mass is 10.1. The van der Waals surface area contributed by atoms with Crippen LogP contribution in [0.25, 0.3) is 6.08 Å². The molecule has 0 aromatic heterocycles. The van der Waals surface area contributed by atoms with Gasteiger partial charge in [0.15, 0.2) is 0 Å². The molecule has 1 aromatic carbocycles. The second kappa shape index (κ2) is 4.82. The van der Waals surface area contributed by atoms with Gasteiger partial charge in [-0.05, 0) is 19.1 Å². The molecule has 1 rings (SSSR count). The summed E-state index contributed by atoms with van der Waals surface area (Å²) in [5.74, 6) is 0.0245. The van der Waals surface area contributed by atoms with Crippen molar-refractivity contribution in [2.24, 2.45) is 0 Å². The van der Waals surface area contributed by atoms with Crippen LogP contribution in [0.1, 0.15) is 18.1 Å². The highest BCUT2D eigenvalue weighted by Crippen LogP contribution is 2.29. The predicted molar refractivity (Wildman–Crippen MR) is 57.2 cm³/mol. The van der Waals surface area contributed by atoms with E-state index < -0.39 is 0 Å². The number of anilines is 1. The first-order valence-corrected chi connectivity index (χ1v) is 4.33. The molecule has 4 heteroatoms. The summed E-state index contributed by atoms with van der Waals surface area (Å²) >= 11 is 0. The van der Waals surface area contributed by atoms with E-state index >= 15 is 0 Å². The van der Waals surface area contributed by atoms with Crippen LogP contribution in [0.4, 0.5) is 5.69 Å². The third-order valence-corrected chi connectivity index (χ3v) is 1.88. The fourth-order valence-corrected chi connectivity index (χ4v) is 1.25. The number of phenols is 1. The molecule has 0 saturated carbocycles. The van der Waals surface area contributed by atoms with Crippen LogP contribution in [0.5, 0.6) is 5.75 Å². The van der Waals surface area contributed by atoms with Gasteiger partial charge in [0.25, 0.3) is 0 Å². The molecule has 0 aliphatic rings. The van der Waals surface area contributed by atoms with Crippen molar-refractivity contribution in [3.63, 3.8) is 0 Å². The number of carbonyl (C=O) groups is 1. The third kappa shape index (κ3) is 2.15. The molecule has 0 aliphatic carbocycles. The van der Waals surface area contributed by atoms with Crippen LogP contribution in [0.2, 0.25) is 0 Å². The fraction of sp³-hybridized carbons (Fsp3) is 0.0909. The number of carbonyl (C=O) groups excluding carboxylic acids is 1. The van der Waals surface area contributed by atoms with E-state index in [0.717, 1.165) is 0 Å². The summed E-state index contributed by atoms with van der Waals surface area (Å²) in [6.45, 7) is 1.78. The number of aromatic hydroxyl groups is 1. The van der Waals surface area contributed by atoms with E-state index in [1.165, 1.54) is 12.1 Å². The van der Waals surface area contributed by atoms with Gasteiger partial charge in [-0.3, -0.25) is 4.79 Å². The molecule has 0 atom stereocenters. The van der Waals surface area contributed by atoms with Gasteiger partial charge >= 0.3 is 0 Å². The van der Waals surface area contributed by atoms with Gasteiger partial charge in [-0.25, -0.2) is 0 Å². The summed E-state index contributed by atoms with van der Waals surface area (Å²) in [7, 11) is 0. The molecular formula is C11H10N2O2. The van der Waals surface area contributed by atoms with Gasteiger partial charge in [0.05, 0.1) is 11.3 Å². The van der Waals surface area contributed by atoms with E-state index in [1.54, 1.807) is 19.1 Å². The number of amides is 1. The van der Waals surface area contributed by atoms with Crippen molar-refractivity contribution in [3.05, 3.63) is 29.3 Å². The van der Waals surface area contributed by atoms with Crippen molar-refractivity contribution in [1.82, 2.24) is 0 Å². The topological polar surface area (TPSA) is 73.1 Å². The maximum atomic E-state index is 10.4. The van der Waals surface area contributed by atoms with Gasteiger partial charge in [-0.2, -0.15) is 5.26 Å². The molecule has 0 unspecified atom stereocenters. The summed E-state index contributed by atoms with van der Waals surface area (Å²) in [6.07, 6.45) is 3.82. The van der Waals surface area contributed by atoms with Crippen LogP contribution >= 0.6 is 0 Å². The van der Waals surface area contributed by atoms with Crippen LogP contribution in [0, 0.1) is 11.3 Å². The molecule has 1 amide bonds. The molecule has 4 nitrogen and oxygen atoms in total. The largest absolute Gasteiger partial charge is 0.507 e. The van der Waals surface area contributed by atoms with Gasteiger partial charge in [0.2, 0.25) is 6.41 Å². The molecule has 0 bridgehead atoms. The lowest BCUT2D eigenvalue weighted by Gasteiger charge is -2.08. The molecule has 0 fully saturated rings. The number of phenolic OH excluding ortho intramolecular Hbond substituents is 1. The van der Waals surface area contributed by atoms with Crippen LogP contribution in [-0.2, 0) is 4.79 Å². The van der Waals surface area contributed by atoms with Gasteiger partial charge in [0, 0.05) is 5.56 Å². The number of hydrogen-bond acceptors (Lipinski definition) is 3. The number of nitrogens with zero attached hydrogens (tertiary/aromatic N) is 1. The average Bonchev–Trinajstić information content (AvgIpc) is 2.24. The van der Waals surface area contributed by atoms with Crippen LogP contribution < -0.4 is 5.32 Å². The maximum absolute atomic E-state index is 10.4. The van der Waals surface area contributed by atoms with E-state index in [9.17, 15) is 9.90 Å². The van der Waals surface area contributed by atoms with Gasteiger partial charge in [-0.15, -0.1) is 0 Å². The van der Waals surface area contributed by atoms with Crippen molar-refractivity contribution in [2.75, 3.05) is 5.32 Å². The van der Waals surface area contributed by atoms with E-state index in [1.807, 2.05) is 6.07 Å². The maximum Gasteiger partial charge on any atom is 0.211 e. The normalized spacial score (nSPS) is 9.87. The Labute approximate surface area is 87.5 Å². The number of allylic oxidation sites excluding steroid dienone is 1. The van der Waals surface area contributed by atoms with E-state index in [2.05, 4.69) is 5.32 Å². The van der Waals surface area contributed by atoms with Crippen molar-refractivity contribution in [2.45, 2.75) is 6.92 Å². The minimum Gasteiger partial charge on any atom is -0.507 e. The SMILES string of the molecule is C/C=C\c1c(O)ccc(C#N)c1NC=O. The van der Waals surface area contributed by atoms with E-state index in [4.69, 9.17) is 5.26 Å². The van der Waals surface area contributed by atoms with E-state index in [0.29, 0.717) is 23.2 Å². The zero-order chi connectivity index (χ0) is 11.3. The Kier molecular flexibility index (Phi) is 3.47. The van der Waals surface area contributed by atoms with E-state index in [-0.39, 0.29) is 5.75 Å². The monoisotopic (exact) mass is 202 g/mol. The molecule has 0 saturated heterocycles. The Morgan fingerprint density at radius 1 is 1.53 bits per heavy atom. The first-order valence-electron chi connectivity index (χ1n) is 4.33.